The van der Waals surface area contributed by atoms with E-state index in [0.717, 1.165) is 15.8 Å². The number of thiol groups is 1. The fraction of sp³-hybridized carbons (Fsp3) is 0. The van der Waals surface area contributed by atoms with E-state index in [4.69, 9.17) is 5.73 Å². The van der Waals surface area contributed by atoms with Gasteiger partial charge in [-0.3, -0.25) is 4.98 Å². The number of nitrogens with zero attached hydrogens (tertiary/aromatic N) is 1. The molecule has 60 valence electrons. The second-order valence-electron chi connectivity index (χ2n) is 2.61. The largest absolute Gasteiger partial charge is 0.398 e. The Balaban J connectivity index is 2.84. The molecule has 0 amide bonds. The number of nitrogens with two attached hydrogens (primary N) is 1. The quantitative estimate of drug-likeness (QED) is 0.476. The fourth-order valence-corrected chi connectivity index (χ4v) is 1.31. The summed E-state index contributed by atoms with van der Waals surface area (Å²) in [5.41, 5.74) is 7.30. The Morgan fingerprint density at radius 3 is 3.00 bits per heavy atom. The molecule has 0 aliphatic carbocycles. The van der Waals surface area contributed by atoms with Crippen LogP contribution in [0.2, 0.25) is 0 Å². The molecule has 2 nitrogen and oxygen atoms in total. The molecule has 1 aromatic carbocycles. The minimum Gasteiger partial charge on any atom is -0.398 e. The van der Waals surface area contributed by atoms with E-state index < -0.39 is 0 Å². The Morgan fingerprint density at radius 2 is 2.17 bits per heavy atom. The minimum absolute atomic E-state index is 0.693. The molecule has 0 saturated heterocycles. The molecule has 0 unspecified atom stereocenters. The van der Waals surface area contributed by atoms with Gasteiger partial charge in [-0.05, 0) is 18.2 Å². The smallest absolute Gasteiger partial charge is 0.0714 e. The topological polar surface area (TPSA) is 38.9 Å². The monoisotopic (exact) mass is 176 g/mol. The summed E-state index contributed by atoms with van der Waals surface area (Å²) >= 11 is 4.21. The molecular weight excluding hydrogens is 168 g/mol. The average molecular weight is 176 g/mol. The first kappa shape index (κ1) is 7.43. The molecule has 1 heterocycles. The third-order valence-corrected chi connectivity index (χ3v) is 2.14. The summed E-state index contributed by atoms with van der Waals surface area (Å²) in [5, 5.41) is 1.05. The molecule has 12 heavy (non-hydrogen) atoms. The molecule has 0 aliphatic rings. The average Bonchev–Trinajstić information content (AvgIpc) is 2.07. The molecule has 1 aromatic heterocycles. The van der Waals surface area contributed by atoms with Crippen molar-refractivity contribution in [1.82, 2.24) is 4.98 Å². The first-order valence-electron chi connectivity index (χ1n) is 3.60. The van der Waals surface area contributed by atoms with Gasteiger partial charge in [-0.25, -0.2) is 0 Å². The van der Waals surface area contributed by atoms with Gasteiger partial charge in [0.2, 0.25) is 0 Å². The van der Waals surface area contributed by atoms with E-state index >= 15 is 0 Å². The van der Waals surface area contributed by atoms with Crippen LogP contribution in [0.3, 0.4) is 0 Å². The van der Waals surface area contributed by atoms with E-state index in [1.165, 1.54) is 0 Å². The molecule has 0 fully saturated rings. The maximum absolute atomic E-state index is 5.68. The van der Waals surface area contributed by atoms with Crippen molar-refractivity contribution < 1.29 is 0 Å². The molecule has 2 rings (SSSR count). The number of pyridine rings is 1. The van der Waals surface area contributed by atoms with Crippen molar-refractivity contribution in [2.75, 3.05) is 5.73 Å². The molecule has 0 atom stereocenters. The van der Waals surface area contributed by atoms with Crippen molar-refractivity contribution in [3.8, 4) is 0 Å². The third kappa shape index (κ3) is 1.12. The van der Waals surface area contributed by atoms with Gasteiger partial charge in [-0.2, -0.15) is 0 Å². The van der Waals surface area contributed by atoms with Gasteiger partial charge < -0.3 is 5.73 Å². The maximum atomic E-state index is 5.68. The summed E-state index contributed by atoms with van der Waals surface area (Å²) in [7, 11) is 0. The summed E-state index contributed by atoms with van der Waals surface area (Å²) in [6, 6.07) is 7.62. The van der Waals surface area contributed by atoms with Gasteiger partial charge in [0, 0.05) is 22.2 Å². The Kier molecular flexibility index (Phi) is 1.66. The van der Waals surface area contributed by atoms with Crippen LogP contribution in [-0.2, 0) is 0 Å². The molecule has 0 bridgehead atoms. The van der Waals surface area contributed by atoms with Crippen LogP contribution in [0.15, 0.2) is 35.4 Å². The van der Waals surface area contributed by atoms with E-state index in [1.54, 1.807) is 6.20 Å². The zero-order valence-corrected chi connectivity index (χ0v) is 7.25. The Hall–Kier alpha value is -1.22. The predicted octanol–water partition coefficient (Wildman–Crippen LogP) is 2.11. The molecule has 2 N–H and O–H groups in total. The maximum Gasteiger partial charge on any atom is 0.0714 e. The van der Waals surface area contributed by atoms with Crippen LogP contribution in [0.5, 0.6) is 0 Å². The number of rotatable bonds is 0. The third-order valence-electron chi connectivity index (χ3n) is 1.75. The number of hydrogen-bond acceptors (Lipinski definition) is 3. The summed E-state index contributed by atoms with van der Waals surface area (Å²) in [4.78, 5) is 4.96. The van der Waals surface area contributed by atoms with Crippen molar-refractivity contribution in [3.05, 3.63) is 30.5 Å². The standard InChI is InChI=1S/C9H8N2S/c10-7-4-6-2-1-3-11-8(6)5-9(7)12/h1-5,12H,10H2. The normalized spacial score (nSPS) is 10.4. The van der Waals surface area contributed by atoms with Gasteiger partial charge in [0.25, 0.3) is 0 Å². The molecule has 0 spiro atoms. The summed E-state index contributed by atoms with van der Waals surface area (Å²) in [5.74, 6) is 0. The first-order chi connectivity index (χ1) is 5.77. The van der Waals surface area contributed by atoms with Crippen molar-refractivity contribution in [2.45, 2.75) is 4.90 Å². The molecule has 0 radical (unpaired) electrons. The number of hydrogen-bond donors (Lipinski definition) is 2. The van der Waals surface area contributed by atoms with Crippen LogP contribution >= 0.6 is 12.6 Å². The van der Waals surface area contributed by atoms with Crippen molar-refractivity contribution in [3.63, 3.8) is 0 Å². The second kappa shape index (κ2) is 2.68. The highest BCUT2D eigenvalue weighted by molar-refractivity contribution is 7.80. The van der Waals surface area contributed by atoms with Crippen LogP contribution in [0.1, 0.15) is 0 Å². The highest BCUT2D eigenvalue weighted by atomic mass is 32.1. The lowest BCUT2D eigenvalue weighted by molar-refractivity contribution is 1.38. The van der Waals surface area contributed by atoms with E-state index in [9.17, 15) is 0 Å². The highest BCUT2D eigenvalue weighted by Crippen LogP contribution is 2.22. The van der Waals surface area contributed by atoms with Crippen LogP contribution in [0.25, 0.3) is 10.9 Å². The van der Waals surface area contributed by atoms with Gasteiger partial charge in [0.15, 0.2) is 0 Å². The van der Waals surface area contributed by atoms with E-state index in [0.29, 0.717) is 5.69 Å². The fourth-order valence-electron chi connectivity index (χ4n) is 1.13. The van der Waals surface area contributed by atoms with Crippen LogP contribution in [0, 0.1) is 0 Å². The van der Waals surface area contributed by atoms with Gasteiger partial charge in [-0.1, -0.05) is 6.07 Å². The number of aromatic nitrogens is 1. The van der Waals surface area contributed by atoms with E-state index in [2.05, 4.69) is 17.6 Å². The minimum atomic E-state index is 0.693. The number of nitrogen functional groups attached to an aromatic ring is 1. The number of anilines is 1. The Morgan fingerprint density at radius 1 is 1.33 bits per heavy atom. The molecule has 2 aromatic rings. The Labute approximate surface area is 75.8 Å². The van der Waals surface area contributed by atoms with E-state index in [-0.39, 0.29) is 0 Å². The second-order valence-corrected chi connectivity index (χ2v) is 3.09. The van der Waals surface area contributed by atoms with Gasteiger partial charge in [0.1, 0.15) is 0 Å². The molecule has 0 aliphatic heterocycles. The SMILES string of the molecule is Nc1cc2cccnc2cc1S. The number of benzene rings is 1. The van der Waals surface area contributed by atoms with Crippen molar-refractivity contribution >= 4 is 29.2 Å². The van der Waals surface area contributed by atoms with E-state index in [1.807, 2.05) is 24.3 Å². The lowest BCUT2D eigenvalue weighted by Crippen LogP contribution is -1.87. The number of fused-ring (bicyclic) bond motifs is 1. The zero-order valence-electron chi connectivity index (χ0n) is 6.36. The molecule has 3 heteroatoms. The molecule has 0 saturated carbocycles. The lowest BCUT2D eigenvalue weighted by atomic mass is 10.2. The van der Waals surface area contributed by atoms with Gasteiger partial charge >= 0.3 is 0 Å². The predicted molar refractivity (Wildman–Crippen MR) is 53.4 cm³/mol. The summed E-state index contributed by atoms with van der Waals surface area (Å²) in [6.45, 7) is 0. The van der Waals surface area contributed by atoms with Gasteiger partial charge in [0.05, 0.1) is 5.52 Å². The lowest BCUT2D eigenvalue weighted by Gasteiger charge is -2.00. The van der Waals surface area contributed by atoms with Gasteiger partial charge in [-0.15, -0.1) is 12.6 Å². The van der Waals surface area contributed by atoms with Crippen molar-refractivity contribution in [1.29, 1.82) is 0 Å². The Bertz CT molecular complexity index is 385. The highest BCUT2D eigenvalue weighted by Gasteiger charge is 1.97. The zero-order chi connectivity index (χ0) is 8.55. The summed E-state index contributed by atoms with van der Waals surface area (Å²) in [6.07, 6.45) is 1.76. The molecular formula is C9H8N2S. The summed E-state index contributed by atoms with van der Waals surface area (Å²) < 4.78 is 0. The van der Waals surface area contributed by atoms with Crippen molar-refractivity contribution in [2.24, 2.45) is 0 Å². The van der Waals surface area contributed by atoms with Crippen LogP contribution in [0.4, 0.5) is 5.69 Å². The van der Waals surface area contributed by atoms with Crippen LogP contribution in [-0.4, -0.2) is 4.98 Å². The first-order valence-corrected chi connectivity index (χ1v) is 4.05. The van der Waals surface area contributed by atoms with Crippen LogP contribution < -0.4 is 5.73 Å².